The van der Waals surface area contributed by atoms with Crippen molar-refractivity contribution in [3.8, 4) is 0 Å². The number of hydrogen-bond acceptors (Lipinski definition) is 13. The number of nitrogens with one attached hydrogen (secondary N) is 5. The number of carbonyl (C=O) groups is 12. The molecule has 1 aliphatic heterocycles. The third kappa shape index (κ3) is 25.3. The van der Waals surface area contributed by atoms with E-state index in [-0.39, 0.29) is 73.8 Å². The summed E-state index contributed by atoms with van der Waals surface area (Å²) in [5.74, 6) is -9.34. The van der Waals surface area contributed by atoms with E-state index >= 15 is 19.2 Å². The average molecular weight is 1380 g/mol. The van der Waals surface area contributed by atoms with Gasteiger partial charge in [0.05, 0.1) is 0 Å². The number of nitrogens with zero attached hydrogens (tertiary/aromatic N) is 7. The first-order chi connectivity index (χ1) is 45.2. The van der Waals surface area contributed by atoms with Crippen LogP contribution in [0, 0.1) is 41.4 Å². The molecule has 0 spiro atoms. The number of likely N-dealkylation sites (N-methyl/N-ethyl adjacent to an activating group) is 7. The van der Waals surface area contributed by atoms with E-state index in [1.54, 1.807) is 61.5 Å². The van der Waals surface area contributed by atoms with Crippen LogP contribution in [0.3, 0.4) is 0 Å². The van der Waals surface area contributed by atoms with E-state index in [4.69, 9.17) is 4.74 Å². The molecule has 25 heteroatoms. The van der Waals surface area contributed by atoms with Crippen LogP contribution in [0.25, 0.3) is 0 Å². The predicted octanol–water partition coefficient (Wildman–Crippen LogP) is 7.22. The van der Waals surface area contributed by atoms with Crippen molar-refractivity contribution in [3.63, 3.8) is 0 Å². The maximum Gasteiger partial charge on any atom is 0.412 e. The maximum absolute atomic E-state index is 15.5. The van der Waals surface area contributed by atoms with Gasteiger partial charge in [-0.3, -0.25) is 58.1 Å². The van der Waals surface area contributed by atoms with Crippen molar-refractivity contribution in [2.45, 2.75) is 255 Å². The highest BCUT2D eigenvalue weighted by atomic mass is 16.6. The highest BCUT2D eigenvalue weighted by Crippen LogP contribution is 2.27. The van der Waals surface area contributed by atoms with Gasteiger partial charge in [-0.2, -0.15) is 0 Å². The molecule has 0 radical (unpaired) electrons. The van der Waals surface area contributed by atoms with E-state index in [2.05, 4.69) is 33.2 Å². The van der Waals surface area contributed by atoms with E-state index in [0.29, 0.717) is 24.9 Å². The normalized spacial score (nSPS) is 24.6. The van der Waals surface area contributed by atoms with Gasteiger partial charge in [-0.15, -0.1) is 0 Å². The first-order valence-corrected chi connectivity index (χ1v) is 35.1. The van der Waals surface area contributed by atoms with Crippen molar-refractivity contribution in [2.24, 2.45) is 41.4 Å². The number of aryl methyl sites for hydroxylation is 1. The summed E-state index contributed by atoms with van der Waals surface area (Å²) in [5.41, 5.74) is 0.449. The monoisotopic (exact) mass is 1380 g/mol. The molecule has 11 atom stereocenters. The Labute approximate surface area is 585 Å². The molecule has 0 aliphatic carbocycles. The first-order valence-electron chi connectivity index (χ1n) is 35.1. The Morgan fingerprint density at radius 2 is 0.959 bits per heavy atom. The quantitative estimate of drug-likeness (QED) is 0.0909. The van der Waals surface area contributed by atoms with Gasteiger partial charge in [0, 0.05) is 55.0 Å². The lowest BCUT2D eigenvalue weighted by molar-refractivity contribution is -0.156. The van der Waals surface area contributed by atoms with Gasteiger partial charge in [-0.05, 0) is 145 Å². The molecule has 0 saturated carbocycles. The lowest BCUT2D eigenvalue weighted by Gasteiger charge is -2.41. The van der Waals surface area contributed by atoms with E-state index in [0.717, 1.165) is 15.4 Å². The standard InChI is InChI=1S/C73H124N12O13/c1-28-53-67(92)79(21)50(17)66(91)80(22)55(36-42(4)5)64(89)78-59(45(10)11)70(95)81(23)54(35-41(2)3)62(87)74-48(15)61(86)75-49(16)65(90)83(25)57(37-43(6)7)68(93)84(26)58(38-44(8)9)69(94)85(27)60(46(12)13)71(96)82(24)56(63(88)77-53)39-47(14)31-29-32-51-33-30-34-52(40-51)76-72(97)98-73(18,19)20/h30,33-34,40-49,53-60H,17,28-29,31-32,35-39H2,1-16,18-27H3,(H,74,87)(H,75,86)(H,76,97)(H,77,88)(H,78,89)/t47-,48-,49+,53+,54-,55+,56+,57+,58+,59-,60+/m1/s1. The van der Waals surface area contributed by atoms with Crippen molar-refractivity contribution in [1.82, 2.24) is 55.6 Å². The molecule has 2 rings (SSSR count). The number of carbonyl (C=O) groups excluding carboxylic acids is 12. The Balaban J connectivity index is 2.97. The second-order valence-corrected chi connectivity index (χ2v) is 30.5. The van der Waals surface area contributed by atoms with Crippen molar-refractivity contribution in [1.29, 1.82) is 0 Å². The number of rotatable bonds is 18. The molecule has 25 nitrogen and oxygen atoms in total. The molecule has 1 aliphatic rings. The fourth-order valence-corrected chi connectivity index (χ4v) is 12.2. The zero-order chi connectivity index (χ0) is 75.5. The summed E-state index contributed by atoms with van der Waals surface area (Å²) in [5, 5.41) is 13.9. The molecule has 12 amide bonds. The Bertz CT molecular complexity index is 2940. The molecule has 1 fully saturated rings. The molecule has 1 saturated heterocycles. The minimum absolute atomic E-state index is 0.0233. The summed E-state index contributed by atoms with van der Waals surface area (Å²) in [6.07, 6.45) is 1.88. The van der Waals surface area contributed by atoms with Gasteiger partial charge in [0.1, 0.15) is 71.7 Å². The van der Waals surface area contributed by atoms with Crippen molar-refractivity contribution in [2.75, 3.05) is 54.7 Å². The molecular formula is C73H124N12O13. The van der Waals surface area contributed by atoms with Crippen LogP contribution in [-0.2, 0) is 63.9 Å². The summed E-state index contributed by atoms with van der Waals surface area (Å²) < 4.78 is 5.45. The van der Waals surface area contributed by atoms with Crippen LogP contribution in [0.15, 0.2) is 36.5 Å². The average Bonchev–Trinajstić information content (AvgIpc) is 0.809. The second kappa shape index (κ2) is 38.7. The molecular weight excluding hydrogens is 1250 g/mol. The topological polar surface area (TPSA) is 297 Å². The van der Waals surface area contributed by atoms with Crippen molar-refractivity contribution < 1.29 is 62.3 Å². The zero-order valence-electron chi connectivity index (χ0n) is 64.1. The molecule has 0 bridgehead atoms. The number of benzene rings is 1. The SMILES string of the molecule is C=C1C(=O)N(C)[C@@H](CC(C)C)C(=O)N[C@H](C(C)C)C(=O)N(C)[C@H](CC(C)C)C(=O)N[C@H](C)C(=O)N[C@@H](C)C(=O)N(C)[C@@H](CC(C)C)C(=O)N(C)[C@@H](CC(C)C)C(=O)N(C)[C@@H](C(C)C)C(=O)N(C)[C@@H](C[C@H](C)CCCc2cccc(NC(=O)OC(C)(C)C)c2)C(=O)N[C@@H](CC)C(=O)N1C. The molecule has 554 valence electrons. The lowest BCUT2D eigenvalue weighted by atomic mass is 9.92. The third-order valence-corrected chi connectivity index (χ3v) is 18.0. The first kappa shape index (κ1) is 86.5. The number of ether oxygens (including phenoxy) is 1. The Kier molecular flexibility index (Phi) is 34.1. The van der Waals surface area contributed by atoms with Gasteiger partial charge in [0.15, 0.2) is 0 Å². The molecule has 1 heterocycles. The van der Waals surface area contributed by atoms with Crippen LogP contribution in [0.5, 0.6) is 0 Å². The Hall–Kier alpha value is -7.60. The van der Waals surface area contributed by atoms with E-state index in [1.165, 1.54) is 87.7 Å². The van der Waals surface area contributed by atoms with Gasteiger partial charge in [0.2, 0.25) is 59.1 Å². The minimum atomic E-state index is -1.28. The predicted molar refractivity (Wildman–Crippen MR) is 381 cm³/mol. The fourth-order valence-electron chi connectivity index (χ4n) is 12.2. The molecule has 1 aromatic rings. The lowest BCUT2D eigenvalue weighted by Crippen LogP contribution is -2.61. The summed E-state index contributed by atoms with van der Waals surface area (Å²) >= 11 is 0. The van der Waals surface area contributed by atoms with Crippen LogP contribution < -0.4 is 26.6 Å². The van der Waals surface area contributed by atoms with Crippen LogP contribution in [0.4, 0.5) is 10.5 Å². The van der Waals surface area contributed by atoms with Crippen LogP contribution >= 0.6 is 0 Å². The number of hydrogen-bond donors (Lipinski definition) is 5. The number of anilines is 1. The van der Waals surface area contributed by atoms with Crippen LogP contribution in [0.2, 0.25) is 0 Å². The van der Waals surface area contributed by atoms with Gasteiger partial charge in [0.25, 0.3) is 5.91 Å². The zero-order valence-corrected chi connectivity index (χ0v) is 64.1. The Morgan fingerprint density at radius 3 is 1.45 bits per heavy atom. The number of amides is 12. The highest BCUT2D eigenvalue weighted by Gasteiger charge is 2.44. The minimum Gasteiger partial charge on any atom is -0.444 e. The molecule has 0 aromatic heterocycles. The summed E-state index contributed by atoms with van der Waals surface area (Å²) in [7, 11) is 10.0. The van der Waals surface area contributed by atoms with Gasteiger partial charge in [-0.1, -0.05) is 122 Å². The largest absolute Gasteiger partial charge is 0.444 e. The second-order valence-electron chi connectivity index (χ2n) is 30.5. The van der Waals surface area contributed by atoms with Gasteiger partial charge < -0.3 is 60.3 Å². The maximum atomic E-state index is 15.5. The summed E-state index contributed by atoms with van der Waals surface area (Å²) in [6.45, 7) is 37.8. The molecule has 1 aromatic carbocycles. The molecule has 0 unspecified atom stereocenters. The summed E-state index contributed by atoms with van der Waals surface area (Å²) in [6, 6.07) is -4.68. The summed E-state index contributed by atoms with van der Waals surface area (Å²) in [4.78, 5) is 184. The smallest absolute Gasteiger partial charge is 0.412 e. The molecule has 5 N–H and O–H groups in total. The van der Waals surface area contributed by atoms with Crippen LogP contribution in [0.1, 0.15) is 188 Å². The fraction of sp³-hybridized carbons (Fsp3) is 0.726. The third-order valence-electron chi connectivity index (χ3n) is 18.0. The van der Waals surface area contributed by atoms with Crippen LogP contribution in [-0.4, -0.2) is 221 Å². The van der Waals surface area contributed by atoms with Crippen molar-refractivity contribution in [3.05, 3.63) is 42.1 Å². The van der Waals surface area contributed by atoms with Gasteiger partial charge >= 0.3 is 6.09 Å². The van der Waals surface area contributed by atoms with E-state index in [1.807, 2.05) is 80.5 Å². The van der Waals surface area contributed by atoms with E-state index < -0.39 is 149 Å². The van der Waals surface area contributed by atoms with Crippen molar-refractivity contribution >= 4 is 76.8 Å². The molecule has 98 heavy (non-hydrogen) atoms. The Morgan fingerprint density at radius 1 is 0.520 bits per heavy atom. The highest BCUT2D eigenvalue weighted by molar-refractivity contribution is 6.02. The van der Waals surface area contributed by atoms with Gasteiger partial charge in [-0.25, -0.2) is 4.79 Å². The van der Waals surface area contributed by atoms with E-state index in [9.17, 15) is 38.4 Å².